The predicted octanol–water partition coefficient (Wildman–Crippen LogP) is 4.04. The van der Waals surface area contributed by atoms with Gasteiger partial charge in [-0.05, 0) is 31.5 Å². The van der Waals surface area contributed by atoms with E-state index in [4.69, 9.17) is 11.6 Å². The molecule has 1 heterocycles. The molecule has 1 amide bonds. The zero-order valence-corrected chi connectivity index (χ0v) is 16.1. The van der Waals surface area contributed by atoms with Gasteiger partial charge in [0.1, 0.15) is 5.38 Å². The summed E-state index contributed by atoms with van der Waals surface area (Å²) in [6.45, 7) is 3.73. The minimum atomic E-state index is -1.67. The minimum Gasteiger partial charge on any atom is -0.323 e. The Hall–Kier alpha value is -2.05. The summed E-state index contributed by atoms with van der Waals surface area (Å²) in [7, 11) is -1.67. The van der Waals surface area contributed by atoms with Crippen molar-refractivity contribution in [3.63, 3.8) is 0 Å². The highest BCUT2D eigenvalue weighted by molar-refractivity contribution is 7.86. The number of carbonyl (C=O) groups is 1. The lowest BCUT2D eigenvalue weighted by Gasteiger charge is -2.27. The second-order valence-electron chi connectivity index (χ2n) is 6.35. The summed E-state index contributed by atoms with van der Waals surface area (Å²) in [4.78, 5) is 11.5. The highest BCUT2D eigenvalue weighted by atomic mass is 35.5. The number of anilines is 1. The van der Waals surface area contributed by atoms with Crippen LogP contribution in [0.5, 0.6) is 0 Å². The normalized spacial score (nSPS) is 25.8. The lowest BCUT2D eigenvalue weighted by molar-refractivity contribution is -0.118. The van der Waals surface area contributed by atoms with Crippen molar-refractivity contribution in [2.75, 3.05) is 5.32 Å². The zero-order chi connectivity index (χ0) is 18.7. The number of alkyl halides is 1. The molecule has 1 aliphatic heterocycles. The molecule has 3 rings (SSSR count). The molecular weight excluding hydrogens is 370 g/mol. The van der Waals surface area contributed by atoms with Crippen molar-refractivity contribution < 1.29 is 9.00 Å². The summed E-state index contributed by atoms with van der Waals surface area (Å²) in [5, 5.41) is 10.2. The molecule has 5 nitrogen and oxygen atoms in total. The number of aryl methyl sites for hydroxylation is 1. The van der Waals surface area contributed by atoms with Crippen molar-refractivity contribution >= 4 is 34.0 Å². The van der Waals surface area contributed by atoms with Gasteiger partial charge in [-0.2, -0.15) is 10.2 Å². The summed E-state index contributed by atoms with van der Waals surface area (Å²) in [6.07, 6.45) is 0. The summed E-state index contributed by atoms with van der Waals surface area (Å²) in [5.74, 6) is -0.319. The Morgan fingerprint density at radius 2 is 1.85 bits per heavy atom. The van der Waals surface area contributed by atoms with E-state index in [0.717, 1.165) is 11.1 Å². The Labute approximate surface area is 160 Å². The van der Waals surface area contributed by atoms with Gasteiger partial charge in [-0.25, -0.2) is 0 Å². The molecule has 0 spiro atoms. The first kappa shape index (κ1) is 18.7. The van der Waals surface area contributed by atoms with Gasteiger partial charge in [0.25, 0.3) is 10.8 Å². The van der Waals surface area contributed by atoms with Crippen molar-refractivity contribution in [2.45, 2.75) is 35.9 Å². The Kier molecular flexibility index (Phi) is 5.53. The summed E-state index contributed by atoms with van der Waals surface area (Å²) in [5.41, 5.74) is 2.54. The maximum atomic E-state index is 13.2. The third-order valence-electron chi connectivity index (χ3n) is 4.31. The van der Waals surface area contributed by atoms with Crippen molar-refractivity contribution in [1.82, 2.24) is 0 Å². The van der Waals surface area contributed by atoms with Crippen molar-refractivity contribution in [3.8, 4) is 0 Å². The number of nitrogens with zero attached hydrogens (tertiary/aromatic N) is 2. The number of hydrogen-bond acceptors (Lipinski definition) is 4. The molecule has 0 saturated carbocycles. The number of azo groups is 1. The first-order valence-corrected chi connectivity index (χ1v) is 10.1. The molecule has 136 valence electrons. The van der Waals surface area contributed by atoms with Crippen LogP contribution in [0.3, 0.4) is 0 Å². The van der Waals surface area contributed by atoms with Gasteiger partial charge in [0.2, 0.25) is 0 Å². The van der Waals surface area contributed by atoms with Crippen LogP contribution in [0.2, 0.25) is 0 Å². The molecule has 0 unspecified atom stereocenters. The quantitative estimate of drug-likeness (QED) is 0.784. The van der Waals surface area contributed by atoms with Gasteiger partial charge in [0.05, 0.1) is 22.6 Å². The van der Waals surface area contributed by atoms with Gasteiger partial charge in [-0.3, -0.25) is 9.00 Å². The molecule has 1 N–H and O–H groups in total. The Balaban J connectivity index is 1.89. The standard InChI is InChI=1S/C19H20ClN3O2S/c1-13-8-10-16(11-9-13)21-18(24)19(17(20)14(2)22-23-19)26(25)12-15-6-4-3-5-7-15/h3-11,14,17H,12H2,1-2H3,(H,21,24)/t14-,17-,19+,26+/m0/s1. The number of benzene rings is 2. The highest BCUT2D eigenvalue weighted by Gasteiger charge is 2.56. The topological polar surface area (TPSA) is 70.9 Å². The fourth-order valence-corrected chi connectivity index (χ4v) is 4.81. The molecule has 0 radical (unpaired) electrons. The monoisotopic (exact) mass is 389 g/mol. The van der Waals surface area contributed by atoms with Crippen LogP contribution < -0.4 is 5.32 Å². The number of hydrogen-bond donors (Lipinski definition) is 1. The molecule has 4 atom stereocenters. The summed E-state index contributed by atoms with van der Waals surface area (Å²) < 4.78 is 13.2. The van der Waals surface area contributed by atoms with Gasteiger partial charge in [-0.1, -0.05) is 48.0 Å². The second-order valence-corrected chi connectivity index (χ2v) is 8.42. The molecule has 1 aliphatic rings. The molecule has 2 aromatic carbocycles. The van der Waals surface area contributed by atoms with Crippen LogP contribution in [0.4, 0.5) is 5.69 Å². The molecule has 7 heteroatoms. The lowest BCUT2D eigenvalue weighted by atomic mass is 10.1. The third kappa shape index (κ3) is 3.57. The zero-order valence-electron chi connectivity index (χ0n) is 14.6. The van der Waals surface area contributed by atoms with Crippen molar-refractivity contribution in [1.29, 1.82) is 0 Å². The van der Waals surface area contributed by atoms with Crippen molar-refractivity contribution in [2.24, 2.45) is 10.2 Å². The fraction of sp³-hybridized carbons (Fsp3) is 0.316. The van der Waals surface area contributed by atoms with Crippen LogP contribution in [0.25, 0.3) is 0 Å². The van der Waals surface area contributed by atoms with Crippen LogP contribution in [-0.4, -0.2) is 26.4 Å². The smallest absolute Gasteiger partial charge is 0.268 e. The largest absolute Gasteiger partial charge is 0.323 e. The lowest BCUT2D eigenvalue weighted by Crippen LogP contribution is -2.52. The van der Waals surface area contributed by atoms with E-state index in [-0.39, 0.29) is 11.8 Å². The summed E-state index contributed by atoms with van der Waals surface area (Å²) in [6, 6.07) is 16.3. The van der Waals surface area contributed by atoms with E-state index in [0.29, 0.717) is 5.69 Å². The Morgan fingerprint density at radius 1 is 1.19 bits per heavy atom. The van der Waals surface area contributed by atoms with E-state index in [9.17, 15) is 9.00 Å². The van der Waals surface area contributed by atoms with Gasteiger partial charge < -0.3 is 5.32 Å². The Morgan fingerprint density at radius 3 is 2.42 bits per heavy atom. The number of amides is 1. The van der Waals surface area contributed by atoms with Gasteiger partial charge >= 0.3 is 0 Å². The molecule has 0 aliphatic carbocycles. The summed E-state index contributed by atoms with van der Waals surface area (Å²) >= 11 is 6.49. The third-order valence-corrected chi connectivity index (χ3v) is 6.93. The average molecular weight is 390 g/mol. The first-order chi connectivity index (χ1) is 12.4. The maximum absolute atomic E-state index is 13.2. The predicted molar refractivity (Wildman–Crippen MR) is 105 cm³/mol. The van der Waals surface area contributed by atoms with Gasteiger partial charge in [-0.15, -0.1) is 11.6 Å². The molecule has 26 heavy (non-hydrogen) atoms. The maximum Gasteiger partial charge on any atom is 0.268 e. The second kappa shape index (κ2) is 7.68. The highest BCUT2D eigenvalue weighted by Crippen LogP contribution is 2.38. The van der Waals surface area contributed by atoms with E-state index in [1.54, 1.807) is 19.1 Å². The minimum absolute atomic E-state index is 0.178. The van der Waals surface area contributed by atoms with Crippen LogP contribution in [0, 0.1) is 6.92 Å². The average Bonchev–Trinajstić information content (AvgIpc) is 2.94. The van der Waals surface area contributed by atoms with E-state index < -0.39 is 27.0 Å². The van der Waals surface area contributed by atoms with E-state index in [2.05, 4.69) is 15.5 Å². The SMILES string of the molecule is Cc1ccc(NC(=O)[C@@]2([S@](=O)Cc3ccccc3)N=N[C@@H](C)[C@@H]2Cl)cc1. The number of halogens is 1. The van der Waals surface area contributed by atoms with Crippen LogP contribution in [0.15, 0.2) is 64.8 Å². The molecule has 0 aromatic heterocycles. The molecule has 0 saturated heterocycles. The van der Waals surface area contributed by atoms with Crippen LogP contribution in [-0.2, 0) is 21.3 Å². The Bertz CT molecular complexity index is 842. The van der Waals surface area contributed by atoms with E-state index >= 15 is 0 Å². The number of nitrogens with one attached hydrogen (secondary N) is 1. The van der Waals surface area contributed by atoms with Crippen LogP contribution in [0.1, 0.15) is 18.1 Å². The molecule has 0 bridgehead atoms. The molecule has 2 aromatic rings. The molecule has 0 fully saturated rings. The molecular formula is C19H20ClN3O2S. The number of rotatable bonds is 5. The van der Waals surface area contributed by atoms with Crippen molar-refractivity contribution in [3.05, 3.63) is 65.7 Å². The van der Waals surface area contributed by atoms with E-state index in [1.165, 1.54) is 0 Å². The van der Waals surface area contributed by atoms with Crippen LogP contribution >= 0.6 is 11.6 Å². The van der Waals surface area contributed by atoms with Gasteiger partial charge in [0.15, 0.2) is 0 Å². The first-order valence-electron chi connectivity index (χ1n) is 8.30. The number of carbonyl (C=O) groups excluding carboxylic acids is 1. The van der Waals surface area contributed by atoms with Gasteiger partial charge in [0, 0.05) is 5.69 Å². The fourth-order valence-electron chi connectivity index (χ4n) is 2.76. The van der Waals surface area contributed by atoms with E-state index in [1.807, 2.05) is 49.4 Å².